The number of hydrogen-bond acceptors (Lipinski definition) is 2. The van der Waals surface area contributed by atoms with Crippen LogP contribution in [0.4, 0.5) is 17.1 Å². The fraction of sp³-hybridized carbons (Fsp3) is 0. The van der Waals surface area contributed by atoms with Crippen molar-refractivity contribution in [1.29, 1.82) is 0 Å². The maximum absolute atomic E-state index is 2.45. The van der Waals surface area contributed by atoms with Crippen LogP contribution in [-0.4, -0.2) is 0 Å². The Hall–Kier alpha value is -7.26. The van der Waals surface area contributed by atoms with Gasteiger partial charge in [-0.05, 0) is 115 Å². The van der Waals surface area contributed by atoms with Gasteiger partial charge in [-0.3, -0.25) is 0 Å². The maximum atomic E-state index is 2.45. The van der Waals surface area contributed by atoms with Gasteiger partial charge in [0.15, 0.2) is 0 Å². The molecule has 0 aliphatic rings. The highest BCUT2D eigenvalue weighted by Crippen LogP contribution is 2.46. The van der Waals surface area contributed by atoms with Gasteiger partial charge in [0.05, 0.1) is 5.69 Å². The first kappa shape index (κ1) is 34.0. The number of anilines is 3. The Morgan fingerprint density at radius 1 is 0.276 bits per heavy atom. The molecule has 0 aliphatic heterocycles. The van der Waals surface area contributed by atoms with Gasteiger partial charge < -0.3 is 4.90 Å². The van der Waals surface area contributed by atoms with Crippen molar-refractivity contribution in [1.82, 2.24) is 0 Å². The molecule has 0 N–H and O–H groups in total. The molecule has 11 rings (SSSR count). The van der Waals surface area contributed by atoms with Gasteiger partial charge in [-0.2, -0.15) is 0 Å². The highest BCUT2D eigenvalue weighted by Gasteiger charge is 2.20. The third kappa shape index (κ3) is 6.12. The van der Waals surface area contributed by atoms with E-state index in [2.05, 4.69) is 229 Å². The first-order valence-corrected chi connectivity index (χ1v) is 20.6. The van der Waals surface area contributed by atoms with Crippen molar-refractivity contribution in [3.05, 3.63) is 224 Å². The lowest BCUT2D eigenvalue weighted by atomic mass is 9.94. The van der Waals surface area contributed by atoms with E-state index in [9.17, 15) is 0 Å². The summed E-state index contributed by atoms with van der Waals surface area (Å²) in [7, 11) is 0. The summed E-state index contributed by atoms with van der Waals surface area (Å²) >= 11 is 1.86. The molecule has 1 nitrogen and oxygen atoms in total. The molecule has 272 valence electrons. The lowest BCUT2D eigenvalue weighted by Crippen LogP contribution is -2.11. The van der Waals surface area contributed by atoms with Gasteiger partial charge in [0.25, 0.3) is 0 Å². The fourth-order valence-corrected chi connectivity index (χ4v) is 9.64. The fourth-order valence-electron chi connectivity index (χ4n) is 8.55. The normalized spacial score (nSPS) is 11.4. The third-order valence-electron chi connectivity index (χ3n) is 11.4. The summed E-state index contributed by atoms with van der Waals surface area (Å²) in [4.78, 5) is 2.45. The van der Waals surface area contributed by atoms with Crippen LogP contribution in [0, 0.1) is 0 Å². The molecule has 0 atom stereocenters. The Morgan fingerprint density at radius 3 is 1.76 bits per heavy atom. The van der Waals surface area contributed by atoms with Crippen molar-refractivity contribution < 1.29 is 0 Å². The third-order valence-corrected chi connectivity index (χ3v) is 12.6. The Kier molecular flexibility index (Phi) is 8.42. The van der Waals surface area contributed by atoms with Gasteiger partial charge in [0.2, 0.25) is 0 Å². The van der Waals surface area contributed by atoms with E-state index in [4.69, 9.17) is 0 Å². The molecule has 0 radical (unpaired) electrons. The van der Waals surface area contributed by atoms with Crippen molar-refractivity contribution in [2.75, 3.05) is 4.90 Å². The van der Waals surface area contributed by atoms with Crippen molar-refractivity contribution in [3.8, 4) is 44.5 Å². The molecule has 58 heavy (non-hydrogen) atoms. The van der Waals surface area contributed by atoms with E-state index in [0.29, 0.717) is 0 Å². The van der Waals surface area contributed by atoms with Gasteiger partial charge in [-0.15, -0.1) is 11.3 Å². The van der Waals surface area contributed by atoms with Crippen LogP contribution < -0.4 is 4.90 Å². The minimum Gasteiger partial charge on any atom is -0.310 e. The zero-order valence-corrected chi connectivity index (χ0v) is 32.5. The van der Waals surface area contributed by atoms with Gasteiger partial charge in [-0.25, -0.2) is 0 Å². The second-order valence-electron chi connectivity index (χ2n) is 14.9. The molecule has 2 heteroatoms. The Labute approximate surface area is 342 Å². The molecule has 0 spiro atoms. The minimum absolute atomic E-state index is 1.10. The van der Waals surface area contributed by atoms with Gasteiger partial charge in [0.1, 0.15) is 0 Å². The van der Waals surface area contributed by atoms with Crippen molar-refractivity contribution in [2.45, 2.75) is 0 Å². The monoisotopic (exact) mass is 755 g/mol. The van der Waals surface area contributed by atoms with Crippen molar-refractivity contribution in [3.63, 3.8) is 0 Å². The highest BCUT2D eigenvalue weighted by atomic mass is 32.1. The molecule has 0 saturated carbocycles. The Balaban J connectivity index is 1.09. The van der Waals surface area contributed by atoms with Crippen LogP contribution in [0.1, 0.15) is 0 Å². The number of thiophene rings is 1. The highest BCUT2D eigenvalue weighted by molar-refractivity contribution is 7.25. The standard InChI is InChI=1S/C56H37NS/c1-2-13-41(14-3-1)51-32-28-45(44-25-24-38-12-4-5-16-42(38)34-44)36-54(51)57(48-31-33-56-53(37-48)52-21-8-9-23-55(52)58-56)47-29-26-39(27-30-47)43-18-10-19-46(35-43)50-22-11-17-40-15-6-7-20-49(40)50/h1-37H. The molecule has 0 amide bonds. The predicted molar refractivity (Wildman–Crippen MR) is 251 cm³/mol. The number of hydrogen-bond donors (Lipinski definition) is 0. The first-order chi connectivity index (χ1) is 28.7. The van der Waals surface area contributed by atoms with E-state index in [1.54, 1.807) is 0 Å². The zero-order valence-electron chi connectivity index (χ0n) is 31.7. The summed E-state index contributed by atoms with van der Waals surface area (Å²) in [5.41, 5.74) is 12.9. The summed E-state index contributed by atoms with van der Waals surface area (Å²) in [5.74, 6) is 0. The molecule has 1 aromatic heterocycles. The van der Waals surface area contributed by atoms with Crippen LogP contribution in [-0.2, 0) is 0 Å². The molecule has 0 unspecified atom stereocenters. The first-order valence-electron chi connectivity index (χ1n) is 19.8. The van der Waals surface area contributed by atoms with Crippen molar-refractivity contribution >= 4 is 70.1 Å². The van der Waals surface area contributed by atoms with E-state index >= 15 is 0 Å². The maximum Gasteiger partial charge on any atom is 0.0546 e. The largest absolute Gasteiger partial charge is 0.310 e. The van der Waals surface area contributed by atoms with Crippen LogP contribution >= 0.6 is 11.3 Å². The summed E-state index contributed by atoms with van der Waals surface area (Å²) < 4.78 is 2.60. The topological polar surface area (TPSA) is 3.24 Å². The number of rotatable bonds is 7. The van der Waals surface area contributed by atoms with Crippen LogP contribution in [0.2, 0.25) is 0 Å². The zero-order chi connectivity index (χ0) is 38.4. The molecule has 0 bridgehead atoms. The van der Waals surface area contributed by atoms with E-state index in [-0.39, 0.29) is 0 Å². The summed E-state index contributed by atoms with van der Waals surface area (Å²) in [6.45, 7) is 0. The SMILES string of the molecule is c1ccc(-c2ccc(-c3ccc4ccccc4c3)cc2N(c2ccc(-c3cccc(-c4cccc5ccccc45)c3)cc2)c2ccc3sc4ccccc4c3c2)cc1. The molecule has 1 heterocycles. The second kappa shape index (κ2) is 14.4. The van der Waals surface area contributed by atoms with E-state index in [1.165, 1.54) is 86.2 Å². The lowest BCUT2D eigenvalue weighted by molar-refractivity contribution is 1.29. The molecular formula is C56H37NS. The Morgan fingerprint density at radius 2 is 0.879 bits per heavy atom. The minimum atomic E-state index is 1.10. The quantitative estimate of drug-likeness (QED) is 0.157. The average molecular weight is 756 g/mol. The molecule has 0 saturated heterocycles. The number of fused-ring (bicyclic) bond motifs is 5. The number of nitrogens with zero attached hydrogens (tertiary/aromatic N) is 1. The number of benzene rings is 10. The Bertz CT molecular complexity index is 3280. The van der Waals surface area contributed by atoms with Crippen LogP contribution in [0.15, 0.2) is 224 Å². The second-order valence-corrected chi connectivity index (χ2v) is 16.0. The van der Waals surface area contributed by atoms with E-state index < -0.39 is 0 Å². The van der Waals surface area contributed by atoms with Gasteiger partial charge in [-0.1, -0.05) is 170 Å². The molecular weight excluding hydrogens is 719 g/mol. The summed E-state index contributed by atoms with van der Waals surface area (Å²) in [6.07, 6.45) is 0. The van der Waals surface area contributed by atoms with E-state index in [0.717, 1.165) is 17.1 Å². The van der Waals surface area contributed by atoms with Gasteiger partial charge in [0, 0.05) is 37.1 Å². The smallest absolute Gasteiger partial charge is 0.0546 e. The molecule has 10 aromatic carbocycles. The van der Waals surface area contributed by atoms with Gasteiger partial charge >= 0.3 is 0 Å². The molecule has 0 aliphatic carbocycles. The summed E-state index contributed by atoms with van der Waals surface area (Å²) in [6, 6.07) is 82.1. The molecule has 0 fully saturated rings. The average Bonchev–Trinajstić information content (AvgIpc) is 3.67. The predicted octanol–water partition coefficient (Wildman–Crippen LogP) is 16.5. The summed E-state index contributed by atoms with van der Waals surface area (Å²) in [5, 5.41) is 7.57. The van der Waals surface area contributed by atoms with Crippen LogP contribution in [0.3, 0.4) is 0 Å². The van der Waals surface area contributed by atoms with Crippen LogP contribution in [0.25, 0.3) is 86.2 Å². The lowest BCUT2D eigenvalue weighted by Gasteiger charge is -2.29. The molecule has 11 aromatic rings. The van der Waals surface area contributed by atoms with E-state index in [1.807, 2.05) is 11.3 Å². The van der Waals surface area contributed by atoms with Crippen LogP contribution in [0.5, 0.6) is 0 Å². The van der Waals surface area contributed by atoms with Crippen molar-refractivity contribution in [2.24, 2.45) is 0 Å².